The van der Waals surface area contributed by atoms with Crippen LogP contribution in [0.5, 0.6) is 5.75 Å². The number of phenolic OH excluding ortho intramolecular Hbond substituents is 1. The SMILES string of the molecule is Cc1ccc2c3c(nc(-c4cc5ccccc5cc4O)nc13)-c1cccc(Nc3ccccc3)c1C2=O. The summed E-state index contributed by atoms with van der Waals surface area (Å²) in [6.45, 7) is 1.98. The maximum atomic E-state index is 13.8. The smallest absolute Gasteiger partial charge is 0.196 e. The Bertz CT molecular complexity index is 1890. The summed E-state index contributed by atoms with van der Waals surface area (Å²) in [6, 6.07) is 30.9. The molecule has 6 aromatic rings. The third kappa shape index (κ3) is 3.28. The molecule has 7 rings (SSSR count). The number of benzene rings is 5. The number of hydrogen-bond donors (Lipinski definition) is 2. The standard InChI is InChI=1S/C32H21N3O2/c1-18-14-15-23-28-29(18)34-32(24-16-19-8-5-6-9-20(19)17-26(24)36)35-30(28)22-12-7-13-25(27(22)31(23)37)33-21-10-3-2-4-11-21/h2-17,33,36H,1H3. The maximum Gasteiger partial charge on any atom is 0.196 e. The van der Waals surface area contributed by atoms with Crippen molar-refractivity contribution in [3.8, 4) is 28.4 Å². The second-order valence-electron chi connectivity index (χ2n) is 9.31. The monoisotopic (exact) mass is 479 g/mol. The van der Waals surface area contributed by atoms with E-state index in [1.54, 1.807) is 6.07 Å². The van der Waals surface area contributed by atoms with Crippen molar-refractivity contribution >= 4 is 38.8 Å². The minimum Gasteiger partial charge on any atom is -0.507 e. The van der Waals surface area contributed by atoms with E-state index in [2.05, 4.69) is 5.32 Å². The van der Waals surface area contributed by atoms with E-state index in [-0.39, 0.29) is 11.5 Å². The van der Waals surface area contributed by atoms with E-state index in [4.69, 9.17) is 9.97 Å². The van der Waals surface area contributed by atoms with Crippen LogP contribution in [0.2, 0.25) is 0 Å². The average Bonchev–Trinajstić information content (AvgIpc) is 2.92. The molecule has 0 amide bonds. The number of aromatic nitrogens is 2. The van der Waals surface area contributed by atoms with Crippen LogP contribution < -0.4 is 5.32 Å². The first kappa shape index (κ1) is 21.3. The first-order valence-electron chi connectivity index (χ1n) is 12.1. The van der Waals surface area contributed by atoms with Crippen LogP contribution in [0.4, 0.5) is 11.4 Å². The topological polar surface area (TPSA) is 75.1 Å². The molecule has 0 bridgehead atoms. The fraction of sp³-hybridized carbons (Fsp3) is 0.0312. The van der Waals surface area contributed by atoms with E-state index in [0.29, 0.717) is 33.7 Å². The van der Waals surface area contributed by atoms with Crippen LogP contribution in [0.3, 0.4) is 0 Å². The van der Waals surface area contributed by atoms with Gasteiger partial charge in [0.2, 0.25) is 0 Å². The second-order valence-corrected chi connectivity index (χ2v) is 9.31. The van der Waals surface area contributed by atoms with Gasteiger partial charge in [0.25, 0.3) is 0 Å². The van der Waals surface area contributed by atoms with Crippen molar-refractivity contribution < 1.29 is 9.90 Å². The van der Waals surface area contributed by atoms with Crippen molar-refractivity contribution in [2.75, 3.05) is 5.32 Å². The molecule has 1 aliphatic carbocycles. The van der Waals surface area contributed by atoms with Gasteiger partial charge in [-0.25, -0.2) is 9.97 Å². The van der Waals surface area contributed by atoms with Crippen LogP contribution in [-0.4, -0.2) is 20.9 Å². The van der Waals surface area contributed by atoms with Crippen molar-refractivity contribution in [2.24, 2.45) is 0 Å². The number of rotatable bonds is 3. The molecular weight excluding hydrogens is 458 g/mol. The first-order chi connectivity index (χ1) is 18.1. The van der Waals surface area contributed by atoms with E-state index in [9.17, 15) is 9.90 Å². The van der Waals surface area contributed by atoms with Gasteiger partial charge in [-0.1, -0.05) is 60.7 Å². The quantitative estimate of drug-likeness (QED) is 0.276. The molecule has 176 valence electrons. The van der Waals surface area contributed by atoms with Crippen LogP contribution in [0, 0.1) is 6.92 Å². The number of hydrogen-bond acceptors (Lipinski definition) is 5. The molecule has 1 aromatic heterocycles. The zero-order chi connectivity index (χ0) is 25.1. The third-order valence-electron chi connectivity index (χ3n) is 7.00. The Labute approximate surface area is 213 Å². The van der Waals surface area contributed by atoms with Gasteiger partial charge >= 0.3 is 0 Å². The van der Waals surface area contributed by atoms with Crippen LogP contribution in [0.1, 0.15) is 21.5 Å². The maximum absolute atomic E-state index is 13.8. The van der Waals surface area contributed by atoms with E-state index < -0.39 is 0 Å². The summed E-state index contributed by atoms with van der Waals surface area (Å²) in [5.41, 5.74) is 6.43. The van der Waals surface area contributed by atoms with Gasteiger partial charge in [0.15, 0.2) is 11.6 Å². The van der Waals surface area contributed by atoms with Crippen molar-refractivity contribution in [2.45, 2.75) is 6.92 Å². The van der Waals surface area contributed by atoms with Crippen LogP contribution in [0.25, 0.3) is 44.3 Å². The number of nitrogens with zero attached hydrogens (tertiary/aromatic N) is 2. The molecule has 1 aliphatic rings. The van der Waals surface area contributed by atoms with Gasteiger partial charge in [-0.2, -0.15) is 0 Å². The number of ketones is 1. The summed E-state index contributed by atoms with van der Waals surface area (Å²) in [4.78, 5) is 23.7. The lowest BCUT2D eigenvalue weighted by Crippen LogP contribution is -2.14. The number of carbonyl (C=O) groups is 1. The second kappa shape index (κ2) is 8.00. The minimum absolute atomic E-state index is 0.0589. The Balaban J connectivity index is 1.51. The van der Waals surface area contributed by atoms with Gasteiger partial charge in [-0.15, -0.1) is 0 Å². The van der Waals surface area contributed by atoms with E-state index in [1.165, 1.54) is 0 Å². The molecule has 1 heterocycles. The Hall–Kier alpha value is -5.03. The predicted octanol–water partition coefficient (Wildman–Crippen LogP) is 7.42. The highest BCUT2D eigenvalue weighted by atomic mass is 16.3. The third-order valence-corrected chi connectivity index (χ3v) is 7.00. The minimum atomic E-state index is -0.0589. The van der Waals surface area contributed by atoms with E-state index >= 15 is 0 Å². The van der Waals surface area contributed by atoms with Crippen molar-refractivity contribution in [1.29, 1.82) is 0 Å². The Kier molecular flexibility index (Phi) is 4.60. The lowest BCUT2D eigenvalue weighted by molar-refractivity contribution is 0.104. The summed E-state index contributed by atoms with van der Waals surface area (Å²) >= 11 is 0. The Morgan fingerprint density at radius 1 is 0.730 bits per heavy atom. The lowest BCUT2D eigenvalue weighted by atomic mass is 9.84. The Morgan fingerprint density at radius 2 is 1.49 bits per heavy atom. The molecule has 2 N–H and O–H groups in total. The molecule has 0 saturated carbocycles. The normalized spacial score (nSPS) is 12.1. The molecule has 0 fully saturated rings. The molecule has 5 heteroatoms. The number of phenols is 1. The lowest BCUT2D eigenvalue weighted by Gasteiger charge is -2.23. The van der Waals surface area contributed by atoms with Crippen LogP contribution >= 0.6 is 0 Å². The number of aromatic hydroxyl groups is 1. The number of para-hydroxylation sites is 1. The average molecular weight is 480 g/mol. The fourth-order valence-electron chi connectivity index (χ4n) is 5.19. The molecule has 0 unspecified atom stereocenters. The molecule has 5 nitrogen and oxygen atoms in total. The summed E-state index contributed by atoms with van der Waals surface area (Å²) in [5, 5.41) is 17.0. The van der Waals surface area contributed by atoms with Gasteiger partial charge < -0.3 is 10.4 Å². The molecule has 5 aromatic carbocycles. The van der Waals surface area contributed by atoms with Crippen molar-refractivity contribution in [3.05, 3.63) is 114 Å². The van der Waals surface area contributed by atoms with Crippen molar-refractivity contribution in [3.63, 3.8) is 0 Å². The highest BCUT2D eigenvalue weighted by molar-refractivity contribution is 6.27. The number of aryl methyl sites for hydroxylation is 1. The molecule has 0 atom stereocenters. The van der Waals surface area contributed by atoms with Crippen LogP contribution in [-0.2, 0) is 0 Å². The van der Waals surface area contributed by atoms with Gasteiger partial charge in [0.1, 0.15) is 5.75 Å². The number of carbonyl (C=O) groups excluding carboxylic acids is 1. The molecular formula is C32H21N3O2. The van der Waals surface area contributed by atoms with Gasteiger partial charge in [0.05, 0.1) is 28.0 Å². The van der Waals surface area contributed by atoms with Crippen molar-refractivity contribution in [1.82, 2.24) is 9.97 Å². The summed E-state index contributed by atoms with van der Waals surface area (Å²) in [6.07, 6.45) is 0. The number of anilines is 2. The highest BCUT2D eigenvalue weighted by Gasteiger charge is 2.30. The molecule has 0 saturated heterocycles. The fourth-order valence-corrected chi connectivity index (χ4v) is 5.19. The first-order valence-corrected chi connectivity index (χ1v) is 12.1. The summed E-state index contributed by atoms with van der Waals surface area (Å²) in [5.74, 6) is 0.481. The largest absolute Gasteiger partial charge is 0.507 e. The molecule has 0 radical (unpaired) electrons. The highest BCUT2D eigenvalue weighted by Crippen LogP contribution is 2.43. The Morgan fingerprint density at radius 3 is 2.30 bits per heavy atom. The van der Waals surface area contributed by atoms with Gasteiger partial charge in [0, 0.05) is 22.2 Å². The summed E-state index contributed by atoms with van der Waals surface area (Å²) < 4.78 is 0. The summed E-state index contributed by atoms with van der Waals surface area (Å²) in [7, 11) is 0. The van der Waals surface area contributed by atoms with E-state index in [0.717, 1.165) is 38.7 Å². The van der Waals surface area contributed by atoms with Gasteiger partial charge in [-0.3, -0.25) is 4.79 Å². The van der Waals surface area contributed by atoms with Gasteiger partial charge in [-0.05, 0) is 59.7 Å². The van der Waals surface area contributed by atoms with E-state index in [1.807, 2.05) is 97.9 Å². The predicted molar refractivity (Wildman–Crippen MR) is 147 cm³/mol. The van der Waals surface area contributed by atoms with Crippen LogP contribution in [0.15, 0.2) is 97.1 Å². The number of nitrogens with one attached hydrogen (secondary N) is 1. The zero-order valence-electron chi connectivity index (χ0n) is 20.0. The molecule has 37 heavy (non-hydrogen) atoms. The molecule has 0 spiro atoms. The number of fused-ring (bicyclic) bond motifs is 3. The molecule has 0 aliphatic heterocycles. The zero-order valence-corrected chi connectivity index (χ0v) is 20.0.